The minimum atomic E-state index is 0.0942. The highest BCUT2D eigenvalue weighted by Gasteiger charge is 2.56. The van der Waals surface area contributed by atoms with Crippen molar-refractivity contribution in [2.24, 2.45) is 29.1 Å². The lowest BCUT2D eigenvalue weighted by Crippen LogP contribution is -3.14. The van der Waals surface area contributed by atoms with Crippen molar-refractivity contribution in [3.05, 3.63) is 48.0 Å². The summed E-state index contributed by atoms with van der Waals surface area (Å²) >= 11 is 0. The van der Waals surface area contributed by atoms with E-state index in [2.05, 4.69) is 43.8 Å². The van der Waals surface area contributed by atoms with Gasteiger partial charge in [0.1, 0.15) is 12.0 Å². The number of esters is 1. The molecule has 30 heavy (non-hydrogen) atoms. The predicted octanol–water partition coefficient (Wildman–Crippen LogP) is 3.84. The molecule has 2 saturated heterocycles. The molecule has 0 bridgehead atoms. The number of piperidine rings is 1. The Morgan fingerprint density at radius 3 is 2.73 bits per heavy atom. The predicted molar refractivity (Wildman–Crippen MR) is 119 cm³/mol. The molecule has 5 atom stereocenters. The monoisotopic (exact) mass is 408 g/mol. The normalized spacial score (nSPS) is 41.1. The maximum Gasteiger partial charge on any atom is 0.315 e. The molecule has 3 heteroatoms. The molecule has 0 radical (unpaired) electrons. The zero-order valence-electron chi connectivity index (χ0n) is 18.6. The number of fused-ring (bicyclic) bond motifs is 2. The van der Waals surface area contributed by atoms with E-state index in [4.69, 9.17) is 4.74 Å². The van der Waals surface area contributed by atoms with E-state index < -0.39 is 0 Å². The molecule has 0 aromatic heterocycles. The first kappa shape index (κ1) is 20.3. The Morgan fingerprint density at radius 1 is 1.20 bits per heavy atom. The fourth-order valence-electron chi connectivity index (χ4n) is 7.24. The SMILES string of the molecule is C=C1CCC[C@@]2(C)C[C@H]3OC(=O)[C@@H](C[NH+]4CCC(Cc5ccccc5)CC4)[C@@H]3C[C@H]12. The molecule has 4 aliphatic rings. The van der Waals surface area contributed by atoms with Crippen LogP contribution in [0.4, 0.5) is 0 Å². The molecule has 0 unspecified atom stereocenters. The second kappa shape index (κ2) is 8.15. The van der Waals surface area contributed by atoms with E-state index in [9.17, 15) is 4.79 Å². The number of hydrogen-bond acceptors (Lipinski definition) is 2. The average Bonchev–Trinajstić information content (AvgIpc) is 3.02. The number of allylic oxidation sites excluding steroid dienone is 1. The summed E-state index contributed by atoms with van der Waals surface area (Å²) in [5.41, 5.74) is 3.20. The van der Waals surface area contributed by atoms with Crippen LogP contribution in [0.5, 0.6) is 0 Å². The van der Waals surface area contributed by atoms with E-state index in [-0.39, 0.29) is 18.0 Å². The minimum absolute atomic E-state index is 0.0942. The average molecular weight is 409 g/mol. The molecule has 2 aliphatic carbocycles. The van der Waals surface area contributed by atoms with E-state index in [1.165, 1.54) is 62.8 Å². The van der Waals surface area contributed by atoms with Crippen LogP contribution < -0.4 is 4.90 Å². The number of rotatable bonds is 4. The maximum absolute atomic E-state index is 12.9. The van der Waals surface area contributed by atoms with Gasteiger partial charge in [-0.25, -0.2) is 0 Å². The zero-order chi connectivity index (χ0) is 20.7. The number of carbonyl (C=O) groups excluding carboxylic acids is 1. The maximum atomic E-state index is 12.9. The van der Waals surface area contributed by atoms with Crippen LogP contribution in [0.15, 0.2) is 42.5 Å². The van der Waals surface area contributed by atoms with Crippen LogP contribution in [0.1, 0.15) is 57.4 Å². The van der Waals surface area contributed by atoms with Gasteiger partial charge in [0.2, 0.25) is 0 Å². The van der Waals surface area contributed by atoms with Crippen molar-refractivity contribution in [2.45, 2.75) is 64.4 Å². The van der Waals surface area contributed by atoms with Crippen molar-refractivity contribution < 1.29 is 14.4 Å². The molecule has 4 fully saturated rings. The Morgan fingerprint density at radius 2 is 1.97 bits per heavy atom. The Bertz CT molecular complexity index is 781. The third kappa shape index (κ3) is 3.86. The first-order valence-electron chi connectivity index (χ1n) is 12.3. The Balaban J connectivity index is 1.19. The minimum Gasteiger partial charge on any atom is -0.462 e. The van der Waals surface area contributed by atoms with E-state index in [1.807, 2.05) is 0 Å². The first-order valence-corrected chi connectivity index (χ1v) is 12.3. The van der Waals surface area contributed by atoms with E-state index in [0.717, 1.165) is 25.3 Å². The van der Waals surface area contributed by atoms with Gasteiger partial charge in [-0.05, 0) is 74.2 Å². The van der Waals surface area contributed by atoms with Gasteiger partial charge < -0.3 is 9.64 Å². The topological polar surface area (TPSA) is 30.7 Å². The van der Waals surface area contributed by atoms with Gasteiger partial charge in [0.05, 0.1) is 19.6 Å². The van der Waals surface area contributed by atoms with Crippen LogP contribution >= 0.6 is 0 Å². The molecule has 1 aromatic carbocycles. The van der Waals surface area contributed by atoms with Gasteiger partial charge in [-0.15, -0.1) is 0 Å². The summed E-state index contributed by atoms with van der Waals surface area (Å²) in [6.45, 7) is 10.2. The summed E-state index contributed by atoms with van der Waals surface area (Å²) < 4.78 is 5.99. The molecule has 1 aromatic rings. The molecule has 2 aliphatic heterocycles. The summed E-state index contributed by atoms with van der Waals surface area (Å²) in [6.07, 6.45) is 9.78. The molecule has 3 nitrogen and oxygen atoms in total. The Labute approximate surface area is 181 Å². The van der Waals surface area contributed by atoms with Gasteiger partial charge in [0.25, 0.3) is 0 Å². The van der Waals surface area contributed by atoms with Crippen molar-refractivity contribution in [2.75, 3.05) is 19.6 Å². The van der Waals surface area contributed by atoms with E-state index in [0.29, 0.717) is 17.3 Å². The second-order valence-electron chi connectivity index (χ2n) is 11.0. The van der Waals surface area contributed by atoms with Crippen molar-refractivity contribution in [1.29, 1.82) is 0 Å². The molecular formula is C27H38NO2+. The van der Waals surface area contributed by atoms with Crippen LogP contribution in [0.3, 0.4) is 0 Å². The van der Waals surface area contributed by atoms with Crippen LogP contribution in [-0.4, -0.2) is 31.7 Å². The summed E-state index contributed by atoms with van der Waals surface area (Å²) in [6, 6.07) is 10.9. The number of hydrogen-bond donors (Lipinski definition) is 1. The lowest BCUT2D eigenvalue weighted by atomic mass is 9.55. The zero-order valence-corrected chi connectivity index (χ0v) is 18.6. The largest absolute Gasteiger partial charge is 0.462 e. The van der Waals surface area contributed by atoms with Gasteiger partial charge in [0, 0.05) is 5.92 Å². The molecule has 162 valence electrons. The summed E-state index contributed by atoms with van der Waals surface area (Å²) in [5.74, 6) is 2.00. The van der Waals surface area contributed by atoms with Crippen LogP contribution in [-0.2, 0) is 16.0 Å². The Hall–Kier alpha value is -1.61. The molecule has 1 N–H and O–H groups in total. The van der Waals surface area contributed by atoms with Gasteiger partial charge in [-0.3, -0.25) is 4.79 Å². The number of benzene rings is 1. The molecule has 2 saturated carbocycles. The quantitative estimate of drug-likeness (QED) is 0.606. The number of carbonyl (C=O) groups is 1. The first-order chi connectivity index (χ1) is 14.5. The number of quaternary nitrogens is 1. The third-order valence-corrected chi connectivity index (χ3v) is 9.01. The van der Waals surface area contributed by atoms with Crippen molar-refractivity contribution in [3.63, 3.8) is 0 Å². The highest BCUT2D eigenvalue weighted by molar-refractivity contribution is 5.75. The van der Waals surface area contributed by atoms with Gasteiger partial charge in [-0.2, -0.15) is 0 Å². The number of ether oxygens (including phenoxy) is 1. The summed E-state index contributed by atoms with van der Waals surface area (Å²) in [4.78, 5) is 14.5. The van der Waals surface area contributed by atoms with Crippen molar-refractivity contribution in [3.8, 4) is 0 Å². The fourth-order valence-corrected chi connectivity index (χ4v) is 7.24. The molecule has 2 heterocycles. The van der Waals surface area contributed by atoms with E-state index in [1.54, 1.807) is 4.90 Å². The third-order valence-electron chi connectivity index (χ3n) is 9.01. The van der Waals surface area contributed by atoms with Crippen molar-refractivity contribution >= 4 is 5.97 Å². The van der Waals surface area contributed by atoms with Gasteiger partial charge >= 0.3 is 5.97 Å². The van der Waals surface area contributed by atoms with E-state index >= 15 is 0 Å². The standard InChI is InChI=1S/C27H37NO2/c1-19-7-6-12-27(2)17-25-22(16-24(19)27)23(26(29)30-25)18-28-13-10-21(11-14-28)15-20-8-4-3-5-9-20/h3-5,8-9,21-25H,1,6-7,10-18H2,2H3/p+1/t22-,23-,24+,25+,27-/m0/s1. The van der Waals surface area contributed by atoms with Gasteiger partial charge in [0.15, 0.2) is 0 Å². The fraction of sp³-hybridized carbons (Fsp3) is 0.667. The lowest BCUT2D eigenvalue weighted by Gasteiger charge is -2.50. The van der Waals surface area contributed by atoms with Crippen LogP contribution in [0, 0.1) is 29.1 Å². The smallest absolute Gasteiger partial charge is 0.315 e. The number of likely N-dealkylation sites (tertiary alicyclic amines) is 1. The lowest BCUT2D eigenvalue weighted by molar-refractivity contribution is -0.908. The van der Waals surface area contributed by atoms with Crippen LogP contribution in [0.2, 0.25) is 0 Å². The highest BCUT2D eigenvalue weighted by atomic mass is 16.6. The number of nitrogens with one attached hydrogen (secondary N) is 1. The summed E-state index contributed by atoms with van der Waals surface area (Å²) in [7, 11) is 0. The van der Waals surface area contributed by atoms with Crippen LogP contribution in [0.25, 0.3) is 0 Å². The molecular weight excluding hydrogens is 370 g/mol. The highest BCUT2D eigenvalue weighted by Crippen LogP contribution is 2.56. The molecule has 5 rings (SSSR count). The molecule has 0 amide bonds. The van der Waals surface area contributed by atoms with Gasteiger partial charge in [-0.1, -0.05) is 49.4 Å². The van der Waals surface area contributed by atoms with Crippen molar-refractivity contribution in [1.82, 2.24) is 0 Å². The molecule has 0 spiro atoms. The Kier molecular flexibility index (Phi) is 5.51. The summed E-state index contributed by atoms with van der Waals surface area (Å²) in [5, 5.41) is 0. The second-order valence-corrected chi connectivity index (χ2v) is 11.0.